The quantitative estimate of drug-likeness (QED) is 0.724. The fourth-order valence-corrected chi connectivity index (χ4v) is 3.23. The van der Waals surface area contributed by atoms with Crippen molar-refractivity contribution < 1.29 is 13.9 Å². The van der Waals surface area contributed by atoms with E-state index in [0.29, 0.717) is 11.6 Å². The summed E-state index contributed by atoms with van der Waals surface area (Å²) in [5.41, 5.74) is 2.40. The maximum Gasteiger partial charge on any atom is 0.226 e. The molecule has 1 aliphatic rings. The number of amides is 1. The van der Waals surface area contributed by atoms with Crippen molar-refractivity contribution >= 4 is 11.7 Å². The number of aromatic nitrogens is 2. The molecule has 2 aromatic carbocycles. The fraction of sp³-hybridized carbons (Fsp3) is 0.143. The molecule has 0 radical (unpaired) electrons. The van der Waals surface area contributed by atoms with Crippen molar-refractivity contribution in [3.63, 3.8) is 0 Å². The number of anilines is 1. The van der Waals surface area contributed by atoms with Crippen molar-refractivity contribution in [2.75, 3.05) is 11.9 Å². The highest BCUT2D eigenvalue weighted by Gasteiger charge is 2.31. The maximum atomic E-state index is 13.2. The zero-order valence-corrected chi connectivity index (χ0v) is 14.4. The van der Waals surface area contributed by atoms with Gasteiger partial charge in [0.15, 0.2) is 0 Å². The Morgan fingerprint density at radius 3 is 2.89 bits per heavy atom. The third-order valence-electron chi connectivity index (χ3n) is 4.46. The summed E-state index contributed by atoms with van der Waals surface area (Å²) in [7, 11) is 0. The Bertz CT molecular complexity index is 1030. The summed E-state index contributed by atoms with van der Waals surface area (Å²) in [5, 5.41) is 2.88. The van der Waals surface area contributed by atoms with Gasteiger partial charge in [0.25, 0.3) is 0 Å². The molecule has 4 rings (SSSR count). The Balaban J connectivity index is 1.73. The SMILES string of the molecule is C#CCOc1cccc(C2CC(=O)Nc3c2ncn3-c2ccc(F)cc2)c1. The van der Waals surface area contributed by atoms with Crippen molar-refractivity contribution in [3.8, 4) is 23.8 Å². The van der Waals surface area contributed by atoms with Gasteiger partial charge in [-0.05, 0) is 42.0 Å². The minimum Gasteiger partial charge on any atom is -0.481 e. The number of fused-ring (bicyclic) bond motifs is 1. The molecule has 1 unspecified atom stereocenters. The molecule has 1 aliphatic heterocycles. The van der Waals surface area contributed by atoms with Gasteiger partial charge >= 0.3 is 0 Å². The van der Waals surface area contributed by atoms with Crippen LogP contribution in [0.1, 0.15) is 23.6 Å². The highest BCUT2D eigenvalue weighted by atomic mass is 19.1. The van der Waals surface area contributed by atoms with Gasteiger partial charge in [-0.2, -0.15) is 0 Å². The predicted molar refractivity (Wildman–Crippen MR) is 99.4 cm³/mol. The van der Waals surface area contributed by atoms with E-state index in [9.17, 15) is 9.18 Å². The minimum atomic E-state index is -0.321. The average molecular weight is 361 g/mol. The van der Waals surface area contributed by atoms with Crippen LogP contribution in [0.15, 0.2) is 54.9 Å². The molecule has 0 fully saturated rings. The highest BCUT2D eigenvalue weighted by molar-refractivity contribution is 5.94. The highest BCUT2D eigenvalue weighted by Crippen LogP contribution is 2.38. The lowest BCUT2D eigenvalue weighted by Crippen LogP contribution is -2.24. The first-order chi connectivity index (χ1) is 13.2. The van der Waals surface area contributed by atoms with E-state index in [2.05, 4.69) is 16.2 Å². The Labute approximate surface area is 155 Å². The molecule has 1 amide bonds. The van der Waals surface area contributed by atoms with E-state index >= 15 is 0 Å². The third-order valence-corrected chi connectivity index (χ3v) is 4.46. The van der Waals surface area contributed by atoms with Gasteiger partial charge in [0.2, 0.25) is 5.91 Å². The second kappa shape index (κ2) is 6.96. The van der Waals surface area contributed by atoms with E-state index in [1.807, 2.05) is 24.3 Å². The summed E-state index contributed by atoms with van der Waals surface area (Å²) in [6.45, 7) is 0.180. The Morgan fingerprint density at radius 2 is 2.11 bits per heavy atom. The molecule has 0 bridgehead atoms. The van der Waals surface area contributed by atoms with E-state index in [1.54, 1.807) is 23.0 Å². The third kappa shape index (κ3) is 3.27. The number of carbonyl (C=O) groups excluding carboxylic acids is 1. The molecule has 3 aromatic rings. The number of imidazole rings is 1. The zero-order chi connectivity index (χ0) is 18.8. The number of hydrogen-bond acceptors (Lipinski definition) is 3. The number of rotatable bonds is 4. The molecule has 1 atom stereocenters. The summed E-state index contributed by atoms with van der Waals surface area (Å²) in [5.74, 6) is 3.05. The number of terminal acetylenes is 1. The molecule has 0 saturated heterocycles. The van der Waals surface area contributed by atoms with Gasteiger partial charge < -0.3 is 10.1 Å². The van der Waals surface area contributed by atoms with Crippen LogP contribution < -0.4 is 10.1 Å². The number of carbonyl (C=O) groups is 1. The molecule has 0 spiro atoms. The number of halogens is 1. The van der Waals surface area contributed by atoms with Crippen LogP contribution in [0.4, 0.5) is 10.2 Å². The van der Waals surface area contributed by atoms with Crippen LogP contribution in [0.2, 0.25) is 0 Å². The zero-order valence-electron chi connectivity index (χ0n) is 14.4. The van der Waals surface area contributed by atoms with E-state index in [0.717, 1.165) is 16.9 Å². The summed E-state index contributed by atoms with van der Waals surface area (Å²) in [6, 6.07) is 13.5. The molecule has 1 aromatic heterocycles. The summed E-state index contributed by atoms with van der Waals surface area (Å²) < 4.78 is 20.5. The van der Waals surface area contributed by atoms with Crippen LogP contribution in [-0.2, 0) is 4.79 Å². The number of ether oxygens (including phenoxy) is 1. The molecular formula is C21H16FN3O2. The average Bonchev–Trinajstić information content (AvgIpc) is 3.10. The van der Waals surface area contributed by atoms with Crippen LogP contribution in [-0.4, -0.2) is 22.1 Å². The van der Waals surface area contributed by atoms with E-state index in [-0.39, 0.29) is 30.7 Å². The normalized spacial score (nSPS) is 15.6. The van der Waals surface area contributed by atoms with Crippen molar-refractivity contribution in [3.05, 3.63) is 71.9 Å². The predicted octanol–water partition coefficient (Wildman–Crippen LogP) is 3.50. The molecule has 2 heterocycles. The van der Waals surface area contributed by atoms with Crippen molar-refractivity contribution in [1.82, 2.24) is 9.55 Å². The molecule has 27 heavy (non-hydrogen) atoms. The number of benzene rings is 2. The molecule has 6 heteroatoms. The van der Waals surface area contributed by atoms with Gasteiger partial charge in [-0.15, -0.1) is 6.42 Å². The lowest BCUT2D eigenvalue weighted by Gasteiger charge is -2.23. The van der Waals surface area contributed by atoms with E-state index in [4.69, 9.17) is 11.2 Å². The first kappa shape index (κ1) is 16.9. The lowest BCUT2D eigenvalue weighted by molar-refractivity contribution is -0.116. The summed E-state index contributed by atoms with van der Waals surface area (Å²) in [6.07, 6.45) is 7.16. The molecule has 134 valence electrons. The van der Waals surface area contributed by atoms with Gasteiger partial charge in [0, 0.05) is 18.0 Å². The van der Waals surface area contributed by atoms with Gasteiger partial charge in [-0.1, -0.05) is 18.1 Å². The smallest absolute Gasteiger partial charge is 0.226 e. The second-order valence-corrected chi connectivity index (χ2v) is 6.20. The molecule has 1 N–H and O–H groups in total. The van der Waals surface area contributed by atoms with Crippen LogP contribution >= 0.6 is 0 Å². The number of hydrogen-bond donors (Lipinski definition) is 1. The van der Waals surface area contributed by atoms with Crippen LogP contribution in [0, 0.1) is 18.2 Å². The molecule has 5 nitrogen and oxygen atoms in total. The van der Waals surface area contributed by atoms with Crippen LogP contribution in [0.25, 0.3) is 5.69 Å². The summed E-state index contributed by atoms with van der Waals surface area (Å²) >= 11 is 0. The largest absolute Gasteiger partial charge is 0.481 e. The van der Waals surface area contributed by atoms with Crippen molar-refractivity contribution in [2.24, 2.45) is 0 Å². The van der Waals surface area contributed by atoms with Crippen LogP contribution in [0.5, 0.6) is 5.75 Å². The topological polar surface area (TPSA) is 56.1 Å². The first-order valence-corrected chi connectivity index (χ1v) is 8.45. The standard InChI is InChI=1S/C21H16FN3O2/c1-2-10-27-17-5-3-4-14(11-17)18-12-19(26)24-21-20(18)23-13-25(21)16-8-6-15(22)7-9-16/h1,3-9,11,13,18H,10,12H2,(H,24,26). The second-order valence-electron chi connectivity index (χ2n) is 6.20. The van der Waals surface area contributed by atoms with Gasteiger partial charge in [-0.25, -0.2) is 9.37 Å². The minimum absolute atomic E-state index is 0.105. The fourth-order valence-electron chi connectivity index (χ4n) is 3.23. The first-order valence-electron chi connectivity index (χ1n) is 8.45. The monoisotopic (exact) mass is 361 g/mol. The van der Waals surface area contributed by atoms with Gasteiger partial charge in [-0.3, -0.25) is 9.36 Å². The lowest BCUT2D eigenvalue weighted by atomic mass is 9.89. The Hall–Kier alpha value is -3.59. The van der Waals surface area contributed by atoms with E-state index in [1.165, 1.54) is 12.1 Å². The Kier molecular flexibility index (Phi) is 4.35. The van der Waals surface area contributed by atoms with Crippen molar-refractivity contribution in [1.29, 1.82) is 0 Å². The number of nitrogens with zero attached hydrogens (tertiary/aromatic N) is 2. The number of nitrogens with one attached hydrogen (secondary N) is 1. The Morgan fingerprint density at radius 1 is 1.30 bits per heavy atom. The van der Waals surface area contributed by atoms with E-state index < -0.39 is 0 Å². The van der Waals surface area contributed by atoms with Crippen LogP contribution in [0.3, 0.4) is 0 Å². The molecule has 0 saturated carbocycles. The van der Waals surface area contributed by atoms with Gasteiger partial charge in [0.1, 0.15) is 30.3 Å². The molecular weight excluding hydrogens is 345 g/mol. The van der Waals surface area contributed by atoms with Gasteiger partial charge in [0.05, 0.1) is 5.69 Å². The van der Waals surface area contributed by atoms with Crippen molar-refractivity contribution in [2.45, 2.75) is 12.3 Å². The molecule has 0 aliphatic carbocycles. The summed E-state index contributed by atoms with van der Waals surface area (Å²) in [4.78, 5) is 16.9. The maximum absolute atomic E-state index is 13.2.